The van der Waals surface area contributed by atoms with Crippen LogP contribution >= 0.6 is 0 Å². The van der Waals surface area contributed by atoms with Crippen LogP contribution in [-0.4, -0.2) is 54.2 Å². The molecule has 1 saturated heterocycles. The lowest BCUT2D eigenvalue weighted by Gasteiger charge is -2.29. The highest BCUT2D eigenvalue weighted by Gasteiger charge is 2.22. The number of likely N-dealkylation sites (N-methyl/N-ethyl adjacent to an activating group) is 1. The summed E-state index contributed by atoms with van der Waals surface area (Å²) in [4.78, 5) is 4.70. The summed E-state index contributed by atoms with van der Waals surface area (Å²) in [6.07, 6.45) is 0.648. The molecule has 0 bridgehead atoms. The molecule has 0 aromatic heterocycles. The molecule has 4 heteroatoms. The smallest absolute Gasteiger partial charge is 0.0991 e. The van der Waals surface area contributed by atoms with Crippen LogP contribution < -0.4 is 0 Å². The van der Waals surface area contributed by atoms with Gasteiger partial charge in [-0.25, -0.2) is 0 Å². The predicted octanol–water partition coefficient (Wildman–Crippen LogP) is 1.62. The van der Waals surface area contributed by atoms with Crippen molar-refractivity contribution in [3.05, 3.63) is 35.4 Å². The van der Waals surface area contributed by atoms with Gasteiger partial charge in [-0.1, -0.05) is 12.1 Å². The van der Waals surface area contributed by atoms with Crippen LogP contribution in [0, 0.1) is 11.3 Å². The summed E-state index contributed by atoms with van der Waals surface area (Å²) in [7, 11) is 2.15. The summed E-state index contributed by atoms with van der Waals surface area (Å²) in [6, 6.07) is 9.77. The van der Waals surface area contributed by atoms with E-state index in [9.17, 15) is 5.11 Å². The third kappa shape index (κ3) is 3.80. The Morgan fingerprint density at radius 1 is 1.35 bits per heavy atom. The first-order valence-corrected chi connectivity index (χ1v) is 7.21. The second kappa shape index (κ2) is 6.85. The van der Waals surface area contributed by atoms with Gasteiger partial charge in [-0.05, 0) is 51.2 Å². The van der Waals surface area contributed by atoms with Crippen molar-refractivity contribution >= 4 is 0 Å². The predicted molar refractivity (Wildman–Crippen MR) is 79.3 cm³/mol. The Hall–Kier alpha value is -1.41. The van der Waals surface area contributed by atoms with E-state index in [0.717, 1.165) is 31.6 Å². The average molecular weight is 273 g/mol. The fourth-order valence-corrected chi connectivity index (χ4v) is 2.80. The van der Waals surface area contributed by atoms with Gasteiger partial charge in [0.25, 0.3) is 0 Å². The fraction of sp³-hybridized carbons (Fsp3) is 0.562. The number of β-amino-alcohol motifs (C(OH)–C–C–N with tert-alkyl or cyclic N) is 1. The molecule has 20 heavy (non-hydrogen) atoms. The number of nitrogens with zero attached hydrogens (tertiary/aromatic N) is 3. The Balaban J connectivity index is 1.99. The van der Waals surface area contributed by atoms with E-state index in [1.807, 2.05) is 12.1 Å². The maximum Gasteiger partial charge on any atom is 0.0991 e. The molecule has 2 rings (SSSR count). The minimum absolute atomic E-state index is 0.454. The standard InChI is InChI=1S/C16H23N3O/c1-13-11-18(2)8-3-9-19(13)12-16(20)15-6-4-14(10-17)5-7-15/h4-7,13,16,20H,3,8-9,11-12H2,1-2H3. The Morgan fingerprint density at radius 2 is 2.05 bits per heavy atom. The number of nitriles is 1. The molecule has 1 aromatic rings. The lowest BCUT2D eigenvalue weighted by Crippen LogP contribution is -2.40. The van der Waals surface area contributed by atoms with Gasteiger partial charge in [0.2, 0.25) is 0 Å². The van der Waals surface area contributed by atoms with Crippen molar-refractivity contribution in [3.8, 4) is 6.07 Å². The number of aliphatic hydroxyl groups excluding tert-OH is 1. The number of aliphatic hydroxyl groups is 1. The van der Waals surface area contributed by atoms with Crippen LogP contribution in [0.2, 0.25) is 0 Å². The number of benzene rings is 1. The highest BCUT2D eigenvalue weighted by atomic mass is 16.3. The van der Waals surface area contributed by atoms with E-state index < -0.39 is 6.10 Å². The van der Waals surface area contributed by atoms with E-state index >= 15 is 0 Å². The van der Waals surface area contributed by atoms with Crippen LogP contribution in [0.25, 0.3) is 0 Å². The zero-order chi connectivity index (χ0) is 14.5. The van der Waals surface area contributed by atoms with E-state index in [4.69, 9.17) is 5.26 Å². The molecule has 1 aliphatic heterocycles. The van der Waals surface area contributed by atoms with Crippen LogP contribution in [0.1, 0.15) is 30.6 Å². The van der Waals surface area contributed by atoms with Crippen molar-refractivity contribution in [1.29, 1.82) is 5.26 Å². The SMILES string of the molecule is CC1CN(C)CCCN1CC(O)c1ccc(C#N)cc1. The van der Waals surface area contributed by atoms with Crippen molar-refractivity contribution < 1.29 is 5.11 Å². The number of hydrogen-bond acceptors (Lipinski definition) is 4. The Labute approximate surface area is 121 Å². The van der Waals surface area contributed by atoms with Gasteiger partial charge < -0.3 is 10.0 Å². The molecule has 1 fully saturated rings. The minimum atomic E-state index is -0.492. The molecule has 0 saturated carbocycles. The molecule has 0 aliphatic carbocycles. The first-order valence-electron chi connectivity index (χ1n) is 7.21. The second-order valence-electron chi connectivity index (χ2n) is 5.71. The average Bonchev–Trinajstić information content (AvgIpc) is 2.60. The molecule has 1 aliphatic rings. The van der Waals surface area contributed by atoms with Crippen molar-refractivity contribution in [2.24, 2.45) is 0 Å². The fourth-order valence-electron chi connectivity index (χ4n) is 2.80. The zero-order valence-corrected chi connectivity index (χ0v) is 12.3. The van der Waals surface area contributed by atoms with Gasteiger partial charge in [-0.2, -0.15) is 5.26 Å². The van der Waals surface area contributed by atoms with Crippen molar-refractivity contribution in [2.45, 2.75) is 25.5 Å². The van der Waals surface area contributed by atoms with E-state index in [0.29, 0.717) is 18.2 Å². The molecule has 0 spiro atoms. The van der Waals surface area contributed by atoms with Crippen LogP contribution in [-0.2, 0) is 0 Å². The second-order valence-corrected chi connectivity index (χ2v) is 5.71. The molecule has 1 heterocycles. The van der Waals surface area contributed by atoms with Gasteiger partial charge in [-0.15, -0.1) is 0 Å². The van der Waals surface area contributed by atoms with Gasteiger partial charge in [-0.3, -0.25) is 4.90 Å². The maximum absolute atomic E-state index is 10.4. The van der Waals surface area contributed by atoms with Crippen molar-refractivity contribution in [2.75, 3.05) is 33.2 Å². The van der Waals surface area contributed by atoms with Gasteiger partial charge in [0.1, 0.15) is 0 Å². The first-order chi connectivity index (χ1) is 9.60. The monoisotopic (exact) mass is 273 g/mol. The highest BCUT2D eigenvalue weighted by Crippen LogP contribution is 2.18. The summed E-state index contributed by atoms with van der Waals surface area (Å²) in [6.45, 7) is 6.06. The normalized spacial score (nSPS) is 23.0. The largest absolute Gasteiger partial charge is 0.387 e. The Bertz CT molecular complexity index is 466. The molecule has 4 nitrogen and oxygen atoms in total. The molecule has 0 amide bonds. The highest BCUT2D eigenvalue weighted by molar-refractivity contribution is 5.32. The summed E-state index contributed by atoms with van der Waals surface area (Å²) in [5.74, 6) is 0. The molecular weight excluding hydrogens is 250 g/mol. The Morgan fingerprint density at radius 3 is 2.70 bits per heavy atom. The quantitative estimate of drug-likeness (QED) is 0.909. The van der Waals surface area contributed by atoms with Crippen LogP contribution in [0.5, 0.6) is 0 Å². The van der Waals surface area contributed by atoms with Gasteiger partial charge >= 0.3 is 0 Å². The van der Waals surface area contributed by atoms with E-state index in [1.54, 1.807) is 12.1 Å². The third-order valence-electron chi connectivity index (χ3n) is 4.02. The molecule has 2 atom stereocenters. The van der Waals surface area contributed by atoms with Crippen LogP contribution in [0.15, 0.2) is 24.3 Å². The molecule has 0 radical (unpaired) electrons. The minimum Gasteiger partial charge on any atom is -0.387 e. The van der Waals surface area contributed by atoms with Gasteiger partial charge in [0.05, 0.1) is 17.7 Å². The summed E-state index contributed by atoms with van der Waals surface area (Å²) in [5.41, 5.74) is 1.51. The first kappa shape index (κ1) is 15.0. The lowest BCUT2D eigenvalue weighted by molar-refractivity contribution is 0.0920. The van der Waals surface area contributed by atoms with Crippen molar-refractivity contribution in [1.82, 2.24) is 9.80 Å². The van der Waals surface area contributed by atoms with Gasteiger partial charge in [0, 0.05) is 19.1 Å². The topological polar surface area (TPSA) is 50.5 Å². The summed E-state index contributed by atoms with van der Waals surface area (Å²) in [5, 5.41) is 19.2. The maximum atomic E-state index is 10.4. The summed E-state index contributed by atoms with van der Waals surface area (Å²) >= 11 is 0. The van der Waals surface area contributed by atoms with E-state index in [2.05, 4.69) is 29.8 Å². The van der Waals surface area contributed by atoms with Crippen LogP contribution in [0.3, 0.4) is 0 Å². The number of hydrogen-bond donors (Lipinski definition) is 1. The van der Waals surface area contributed by atoms with Crippen LogP contribution in [0.4, 0.5) is 0 Å². The zero-order valence-electron chi connectivity index (χ0n) is 12.3. The molecule has 1 aromatic carbocycles. The van der Waals surface area contributed by atoms with E-state index in [1.165, 1.54) is 0 Å². The molecular formula is C16H23N3O. The summed E-state index contributed by atoms with van der Waals surface area (Å²) < 4.78 is 0. The molecule has 1 N–H and O–H groups in total. The van der Waals surface area contributed by atoms with Crippen molar-refractivity contribution in [3.63, 3.8) is 0 Å². The third-order valence-corrected chi connectivity index (χ3v) is 4.02. The van der Waals surface area contributed by atoms with E-state index in [-0.39, 0.29) is 0 Å². The molecule has 108 valence electrons. The lowest BCUT2D eigenvalue weighted by atomic mass is 10.1. The molecule has 2 unspecified atom stereocenters. The number of rotatable bonds is 3. The Kier molecular flexibility index (Phi) is 5.13. The van der Waals surface area contributed by atoms with Gasteiger partial charge in [0.15, 0.2) is 0 Å².